The van der Waals surface area contributed by atoms with Crippen LogP contribution in [0.1, 0.15) is 59.7 Å². The minimum absolute atomic E-state index is 0.0319. The van der Waals surface area contributed by atoms with Crippen LogP contribution in [-0.4, -0.2) is 32.4 Å². The van der Waals surface area contributed by atoms with Crippen LogP contribution in [0.25, 0.3) is 0 Å². The maximum Gasteiger partial charge on any atom is 0.269 e. The third-order valence-corrected chi connectivity index (χ3v) is 4.52. The van der Waals surface area contributed by atoms with E-state index in [-0.39, 0.29) is 17.6 Å². The number of likely N-dealkylation sites (tertiary alicyclic amines) is 1. The highest BCUT2D eigenvalue weighted by Gasteiger charge is 2.36. The summed E-state index contributed by atoms with van der Waals surface area (Å²) >= 11 is 0. The number of hydrogen-bond acceptors (Lipinski definition) is 6. The zero-order valence-electron chi connectivity index (χ0n) is 12.9. The summed E-state index contributed by atoms with van der Waals surface area (Å²) in [6.07, 6.45) is 3.83. The van der Waals surface area contributed by atoms with Gasteiger partial charge in [-0.2, -0.15) is 4.98 Å². The molecule has 1 aromatic heterocycles. The number of rotatable bonds is 4. The molecule has 0 spiro atoms. The molecule has 8 heteroatoms. The summed E-state index contributed by atoms with van der Waals surface area (Å²) in [5.41, 5.74) is 0.393. The number of nitro benzene ring substituents is 1. The van der Waals surface area contributed by atoms with Gasteiger partial charge in [0.05, 0.1) is 4.92 Å². The second-order valence-corrected chi connectivity index (χ2v) is 6.23. The normalized spacial score (nSPS) is 20.3. The van der Waals surface area contributed by atoms with Crippen LogP contribution < -0.4 is 0 Å². The van der Waals surface area contributed by atoms with E-state index in [0.29, 0.717) is 23.9 Å². The molecule has 4 rings (SSSR count). The molecule has 124 valence electrons. The van der Waals surface area contributed by atoms with Gasteiger partial charge in [0, 0.05) is 30.2 Å². The molecule has 0 bridgehead atoms. The van der Waals surface area contributed by atoms with Gasteiger partial charge in [0.25, 0.3) is 11.6 Å². The average molecular weight is 328 g/mol. The molecule has 2 fully saturated rings. The Kier molecular flexibility index (Phi) is 3.51. The smallest absolute Gasteiger partial charge is 0.269 e. The zero-order valence-corrected chi connectivity index (χ0v) is 12.9. The Morgan fingerprint density at radius 2 is 2.00 bits per heavy atom. The maximum atomic E-state index is 12.7. The van der Waals surface area contributed by atoms with Crippen molar-refractivity contribution >= 4 is 11.6 Å². The highest BCUT2D eigenvalue weighted by molar-refractivity contribution is 5.94. The van der Waals surface area contributed by atoms with E-state index in [1.54, 1.807) is 4.90 Å². The molecule has 1 saturated carbocycles. The summed E-state index contributed by atoms with van der Waals surface area (Å²) in [6.45, 7) is 0.613. The van der Waals surface area contributed by atoms with E-state index in [0.717, 1.165) is 31.5 Å². The minimum atomic E-state index is -0.481. The molecule has 8 nitrogen and oxygen atoms in total. The van der Waals surface area contributed by atoms with E-state index in [9.17, 15) is 14.9 Å². The van der Waals surface area contributed by atoms with E-state index < -0.39 is 4.92 Å². The minimum Gasteiger partial charge on any atom is -0.337 e. The van der Waals surface area contributed by atoms with Gasteiger partial charge in [-0.15, -0.1) is 0 Å². The molecule has 1 atom stereocenters. The largest absolute Gasteiger partial charge is 0.337 e. The number of aromatic nitrogens is 2. The molecule has 2 aromatic rings. The standard InChI is InChI=1S/C16H16N4O4/c21-16(11-5-7-12(8-6-11)20(22)23)19-9-1-2-13(19)15-17-14(18-24-15)10-3-4-10/h5-8,10,13H,1-4,9H2. The Bertz CT molecular complexity index is 782. The Balaban J connectivity index is 1.54. The molecule has 0 N–H and O–H groups in total. The monoisotopic (exact) mass is 328 g/mol. The first kappa shape index (κ1) is 14.8. The molecule has 1 saturated heterocycles. The van der Waals surface area contributed by atoms with Crippen molar-refractivity contribution in [3.8, 4) is 0 Å². The average Bonchev–Trinajstić information content (AvgIpc) is 3.12. The highest BCUT2D eigenvalue weighted by atomic mass is 16.6. The summed E-state index contributed by atoms with van der Waals surface area (Å²) in [7, 11) is 0. The van der Waals surface area contributed by atoms with Crippen LogP contribution in [0.3, 0.4) is 0 Å². The lowest BCUT2D eigenvalue weighted by Gasteiger charge is -2.21. The topological polar surface area (TPSA) is 102 Å². The first-order chi connectivity index (χ1) is 11.6. The van der Waals surface area contributed by atoms with Crippen LogP contribution in [0.15, 0.2) is 28.8 Å². The first-order valence-electron chi connectivity index (χ1n) is 8.02. The van der Waals surface area contributed by atoms with Gasteiger partial charge in [0.1, 0.15) is 6.04 Å². The Morgan fingerprint density at radius 1 is 1.25 bits per heavy atom. The summed E-state index contributed by atoms with van der Waals surface area (Å²) < 4.78 is 5.37. The molecule has 1 unspecified atom stereocenters. The van der Waals surface area contributed by atoms with Crippen molar-refractivity contribution in [3.63, 3.8) is 0 Å². The number of benzene rings is 1. The molecule has 24 heavy (non-hydrogen) atoms. The maximum absolute atomic E-state index is 12.7. The molecule has 1 aliphatic heterocycles. The number of carbonyl (C=O) groups excluding carboxylic acids is 1. The van der Waals surface area contributed by atoms with Crippen molar-refractivity contribution in [2.24, 2.45) is 0 Å². The molecule has 1 aliphatic carbocycles. The molecule has 0 radical (unpaired) electrons. The predicted octanol–water partition coefficient (Wildman–Crippen LogP) is 2.83. The van der Waals surface area contributed by atoms with Crippen molar-refractivity contribution in [1.82, 2.24) is 15.0 Å². The van der Waals surface area contributed by atoms with Crippen molar-refractivity contribution in [1.29, 1.82) is 0 Å². The third-order valence-electron chi connectivity index (χ3n) is 4.52. The van der Waals surface area contributed by atoms with Crippen molar-refractivity contribution in [2.75, 3.05) is 6.54 Å². The Morgan fingerprint density at radius 3 is 2.67 bits per heavy atom. The number of carbonyl (C=O) groups is 1. The summed E-state index contributed by atoms with van der Waals surface area (Å²) in [4.78, 5) is 29.1. The SMILES string of the molecule is O=C(c1ccc([N+](=O)[O-])cc1)N1CCCC1c1nc(C2CC2)no1. The molecule has 1 aromatic carbocycles. The third kappa shape index (κ3) is 2.64. The van der Waals surface area contributed by atoms with Crippen molar-refractivity contribution < 1.29 is 14.2 Å². The van der Waals surface area contributed by atoms with Crippen LogP contribution in [0.5, 0.6) is 0 Å². The second-order valence-electron chi connectivity index (χ2n) is 6.23. The molecular formula is C16H16N4O4. The molecule has 1 amide bonds. The lowest BCUT2D eigenvalue weighted by atomic mass is 10.1. The predicted molar refractivity (Wildman–Crippen MR) is 82.4 cm³/mol. The summed E-state index contributed by atoms with van der Waals surface area (Å²) in [6, 6.07) is 5.44. The van der Waals surface area contributed by atoms with Gasteiger partial charge in [-0.1, -0.05) is 5.16 Å². The number of amides is 1. The van der Waals surface area contributed by atoms with E-state index in [2.05, 4.69) is 10.1 Å². The zero-order chi connectivity index (χ0) is 16.7. The quantitative estimate of drug-likeness (QED) is 0.631. The lowest BCUT2D eigenvalue weighted by molar-refractivity contribution is -0.384. The molecule has 2 heterocycles. The van der Waals surface area contributed by atoms with E-state index >= 15 is 0 Å². The van der Waals surface area contributed by atoms with Crippen LogP contribution in [0.4, 0.5) is 5.69 Å². The first-order valence-corrected chi connectivity index (χ1v) is 8.02. The van der Waals surface area contributed by atoms with Gasteiger partial charge in [0.2, 0.25) is 5.89 Å². The summed E-state index contributed by atoms with van der Waals surface area (Å²) in [5.74, 6) is 1.46. The molecule has 2 aliphatic rings. The summed E-state index contributed by atoms with van der Waals surface area (Å²) in [5, 5.41) is 14.7. The molecular weight excluding hydrogens is 312 g/mol. The van der Waals surface area contributed by atoms with Crippen molar-refractivity contribution in [3.05, 3.63) is 51.7 Å². The van der Waals surface area contributed by atoms with Gasteiger partial charge in [-0.05, 0) is 37.8 Å². The van der Waals surface area contributed by atoms with Crippen LogP contribution >= 0.6 is 0 Å². The van der Waals surface area contributed by atoms with Gasteiger partial charge < -0.3 is 9.42 Å². The van der Waals surface area contributed by atoms with E-state index in [1.165, 1.54) is 24.3 Å². The van der Waals surface area contributed by atoms with Crippen LogP contribution in [0, 0.1) is 10.1 Å². The fourth-order valence-corrected chi connectivity index (χ4v) is 3.05. The van der Waals surface area contributed by atoms with E-state index in [4.69, 9.17) is 4.52 Å². The fraction of sp³-hybridized carbons (Fsp3) is 0.438. The second kappa shape index (κ2) is 5.70. The highest BCUT2D eigenvalue weighted by Crippen LogP contribution is 2.40. The van der Waals surface area contributed by atoms with Gasteiger partial charge in [0.15, 0.2) is 5.82 Å². The number of nitrogens with zero attached hydrogens (tertiary/aromatic N) is 4. The fourth-order valence-electron chi connectivity index (χ4n) is 3.05. The van der Waals surface area contributed by atoms with Gasteiger partial charge in [-0.25, -0.2) is 0 Å². The number of nitro groups is 1. The van der Waals surface area contributed by atoms with Gasteiger partial charge >= 0.3 is 0 Å². The Hall–Kier alpha value is -2.77. The van der Waals surface area contributed by atoms with Crippen LogP contribution in [0.2, 0.25) is 0 Å². The number of non-ortho nitro benzene ring substituents is 1. The lowest BCUT2D eigenvalue weighted by Crippen LogP contribution is -2.30. The van der Waals surface area contributed by atoms with Crippen LogP contribution in [-0.2, 0) is 0 Å². The van der Waals surface area contributed by atoms with Crippen molar-refractivity contribution in [2.45, 2.75) is 37.6 Å². The van der Waals surface area contributed by atoms with E-state index in [1.807, 2.05) is 0 Å². The van der Waals surface area contributed by atoms with Gasteiger partial charge in [-0.3, -0.25) is 14.9 Å². The Labute approximate surface area is 137 Å². The number of hydrogen-bond donors (Lipinski definition) is 0.